The molecule has 1 heterocycles. The molecule has 0 aliphatic rings. The molecule has 0 N–H and O–H groups in total. The number of nitrogens with zero attached hydrogens (tertiary/aromatic N) is 2. The highest BCUT2D eigenvalue weighted by Gasteiger charge is 2.02. The van der Waals surface area contributed by atoms with Gasteiger partial charge in [-0.1, -0.05) is 12.1 Å². The summed E-state index contributed by atoms with van der Waals surface area (Å²) in [6, 6.07) is 7.08. The van der Waals surface area contributed by atoms with E-state index in [4.69, 9.17) is 4.74 Å². The van der Waals surface area contributed by atoms with E-state index >= 15 is 0 Å². The van der Waals surface area contributed by atoms with Gasteiger partial charge in [-0.15, -0.1) is 0 Å². The number of carbonyl (C=O) groups excluding carboxylic acids is 1. The normalized spacial score (nSPS) is 10.2. The lowest BCUT2D eigenvalue weighted by atomic mass is 10.2. The molecule has 17 heavy (non-hydrogen) atoms. The molecule has 0 atom stereocenters. The summed E-state index contributed by atoms with van der Waals surface area (Å²) in [5, 5.41) is 0. The third kappa shape index (κ3) is 2.72. The summed E-state index contributed by atoms with van der Waals surface area (Å²) < 4.78 is 7.61. The summed E-state index contributed by atoms with van der Waals surface area (Å²) in [6.07, 6.45) is 4.48. The molecule has 0 amide bonds. The lowest BCUT2D eigenvalue weighted by Gasteiger charge is -2.07. The van der Waals surface area contributed by atoms with Crippen LogP contribution in [0.15, 0.2) is 36.7 Å². The fourth-order valence-corrected chi connectivity index (χ4v) is 1.59. The monoisotopic (exact) mass is 230 g/mol. The summed E-state index contributed by atoms with van der Waals surface area (Å²) in [5.74, 6) is 1.56. The molecule has 0 radical (unpaired) electrons. The first-order valence-corrected chi connectivity index (χ1v) is 5.51. The van der Waals surface area contributed by atoms with Crippen molar-refractivity contribution in [2.45, 2.75) is 20.1 Å². The minimum absolute atomic E-state index is 0.406. The van der Waals surface area contributed by atoms with E-state index < -0.39 is 0 Å². The molecule has 1 aromatic carbocycles. The van der Waals surface area contributed by atoms with Crippen molar-refractivity contribution >= 4 is 6.29 Å². The van der Waals surface area contributed by atoms with Crippen LogP contribution in [0.2, 0.25) is 0 Å². The fraction of sp³-hybridized carbons (Fsp3) is 0.231. The molecule has 0 aliphatic heterocycles. The molecular weight excluding hydrogens is 216 g/mol. The molecule has 4 heteroatoms. The number of rotatable bonds is 5. The van der Waals surface area contributed by atoms with Crippen molar-refractivity contribution in [2.75, 3.05) is 0 Å². The van der Waals surface area contributed by atoms with E-state index in [1.807, 2.05) is 16.8 Å². The zero-order chi connectivity index (χ0) is 12.1. The summed E-state index contributed by atoms with van der Waals surface area (Å²) >= 11 is 0. The van der Waals surface area contributed by atoms with Crippen LogP contribution in [0.1, 0.15) is 23.1 Å². The van der Waals surface area contributed by atoms with Gasteiger partial charge in [-0.25, -0.2) is 4.98 Å². The average Bonchev–Trinajstić information content (AvgIpc) is 2.84. The molecular formula is C13H14N2O2. The molecule has 4 nitrogen and oxygen atoms in total. The van der Waals surface area contributed by atoms with Gasteiger partial charge in [0.25, 0.3) is 0 Å². The van der Waals surface area contributed by atoms with E-state index in [2.05, 4.69) is 11.9 Å². The maximum atomic E-state index is 10.6. The molecule has 88 valence electrons. The van der Waals surface area contributed by atoms with Crippen molar-refractivity contribution in [3.05, 3.63) is 48.0 Å². The Bertz CT molecular complexity index is 506. The first-order chi connectivity index (χ1) is 8.33. The Hall–Kier alpha value is -2.10. The molecule has 0 aliphatic carbocycles. The average molecular weight is 230 g/mol. The van der Waals surface area contributed by atoms with Crippen LogP contribution in [0.4, 0.5) is 0 Å². The molecule has 0 saturated carbocycles. The van der Waals surface area contributed by atoms with Crippen molar-refractivity contribution in [1.29, 1.82) is 0 Å². The van der Waals surface area contributed by atoms with E-state index in [-0.39, 0.29) is 0 Å². The fourth-order valence-electron chi connectivity index (χ4n) is 1.59. The minimum atomic E-state index is 0.406. The lowest BCUT2D eigenvalue weighted by molar-refractivity contribution is 0.112. The van der Waals surface area contributed by atoms with Gasteiger partial charge < -0.3 is 9.30 Å². The largest absolute Gasteiger partial charge is 0.486 e. The van der Waals surface area contributed by atoms with Crippen molar-refractivity contribution in [1.82, 2.24) is 9.55 Å². The zero-order valence-corrected chi connectivity index (χ0v) is 9.67. The second kappa shape index (κ2) is 5.30. The molecule has 0 unspecified atom stereocenters. The maximum absolute atomic E-state index is 10.6. The van der Waals surface area contributed by atoms with Gasteiger partial charge in [-0.2, -0.15) is 0 Å². The summed E-state index contributed by atoms with van der Waals surface area (Å²) in [5.41, 5.74) is 0.612. The third-order valence-electron chi connectivity index (χ3n) is 2.50. The number of aromatic nitrogens is 2. The van der Waals surface area contributed by atoms with Crippen LogP contribution in [0.25, 0.3) is 0 Å². The number of aryl methyl sites for hydroxylation is 1. The van der Waals surface area contributed by atoms with Gasteiger partial charge in [-0.3, -0.25) is 4.79 Å². The van der Waals surface area contributed by atoms with Gasteiger partial charge in [0.15, 0.2) is 0 Å². The Morgan fingerprint density at radius 1 is 1.47 bits per heavy atom. The first kappa shape index (κ1) is 11.4. The highest BCUT2D eigenvalue weighted by atomic mass is 16.5. The number of hydrogen-bond acceptors (Lipinski definition) is 3. The Morgan fingerprint density at radius 3 is 3.12 bits per heavy atom. The minimum Gasteiger partial charge on any atom is -0.486 e. The van der Waals surface area contributed by atoms with Crippen LogP contribution in [0.5, 0.6) is 5.75 Å². The van der Waals surface area contributed by atoms with Crippen molar-refractivity contribution in [3.63, 3.8) is 0 Å². The predicted octanol–water partition coefficient (Wildman–Crippen LogP) is 2.29. The Morgan fingerprint density at radius 2 is 2.35 bits per heavy atom. The SMILES string of the molecule is CCn1ccnc1COc1cccc(C=O)c1. The summed E-state index contributed by atoms with van der Waals surface area (Å²) in [4.78, 5) is 14.8. The number of hydrogen-bond donors (Lipinski definition) is 0. The van der Waals surface area contributed by atoms with Crippen molar-refractivity contribution in [3.8, 4) is 5.75 Å². The third-order valence-corrected chi connectivity index (χ3v) is 2.50. The van der Waals surface area contributed by atoms with Gasteiger partial charge in [0.2, 0.25) is 0 Å². The van der Waals surface area contributed by atoms with Crippen LogP contribution < -0.4 is 4.74 Å². The zero-order valence-electron chi connectivity index (χ0n) is 9.67. The van der Waals surface area contributed by atoms with Crippen molar-refractivity contribution in [2.24, 2.45) is 0 Å². The molecule has 0 saturated heterocycles. The second-order valence-corrected chi connectivity index (χ2v) is 3.61. The summed E-state index contributed by atoms with van der Waals surface area (Å²) in [7, 11) is 0. The Balaban J connectivity index is 2.04. The number of imidazole rings is 1. The van der Waals surface area contributed by atoms with Gasteiger partial charge >= 0.3 is 0 Å². The maximum Gasteiger partial charge on any atom is 0.150 e. The van der Waals surface area contributed by atoms with E-state index in [1.165, 1.54) is 0 Å². The number of carbonyl (C=O) groups is 1. The molecule has 0 spiro atoms. The molecule has 2 rings (SSSR count). The number of benzene rings is 1. The van der Waals surface area contributed by atoms with Crippen molar-refractivity contribution < 1.29 is 9.53 Å². The number of aldehydes is 1. The Kier molecular flexibility index (Phi) is 3.55. The highest BCUT2D eigenvalue weighted by molar-refractivity contribution is 5.75. The standard InChI is InChI=1S/C13H14N2O2/c1-2-15-7-6-14-13(15)10-17-12-5-3-4-11(8-12)9-16/h3-9H,2,10H2,1H3. The summed E-state index contributed by atoms with van der Waals surface area (Å²) in [6.45, 7) is 3.33. The van der Waals surface area contributed by atoms with E-state index in [0.29, 0.717) is 17.9 Å². The molecule has 1 aromatic heterocycles. The van der Waals surface area contributed by atoms with Gasteiger partial charge in [0.1, 0.15) is 24.5 Å². The molecule has 0 bridgehead atoms. The topological polar surface area (TPSA) is 44.1 Å². The van der Waals surface area contributed by atoms with Crippen LogP contribution in [-0.2, 0) is 13.2 Å². The quantitative estimate of drug-likeness (QED) is 0.740. The van der Waals surface area contributed by atoms with E-state index in [1.54, 1.807) is 24.4 Å². The van der Waals surface area contributed by atoms with Gasteiger partial charge in [0.05, 0.1) is 0 Å². The Labute approximate surface area is 99.9 Å². The van der Waals surface area contributed by atoms with Crippen LogP contribution in [0, 0.1) is 0 Å². The smallest absolute Gasteiger partial charge is 0.150 e. The molecule has 0 fully saturated rings. The van der Waals surface area contributed by atoms with Crippen LogP contribution in [0.3, 0.4) is 0 Å². The van der Waals surface area contributed by atoms with Crippen LogP contribution >= 0.6 is 0 Å². The van der Waals surface area contributed by atoms with Gasteiger partial charge in [-0.05, 0) is 19.1 Å². The highest BCUT2D eigenvalue weighted by Crippen LogP contribution is 2.13. The molecule has 2 aromatic rings. The number of ether oxygens (including phenoxy) is 1. The predicted molar refractivity (Wildman–Crippen MR) is 64.1 cm³/mol. The van der Waals surface area contributed by atoms with Gasteiger partial charge in [0, 0.05) is 24.5 Å². The second-order valence-electron chi connectivity index (χ2n) is 3.61. The van der Waals surface area contributed by atoms with Crippen LogP contribution in [-0.4, -0.2) is 15.8 Å². The van der Waals surface area contributed by atoms with E-state index in [0.717, 1.165) is 18.7 Å². The first-order valence-electron chi connectivity index (χ1n) is 5.51. The lowest BCUT2D eigenvalue weighted by Crippen LogP contribution is -2.05. The van der Waals surface area contributed by atoms with E-state index in [9.17, 15) is 4.79 Å².